The Kier molecular flexibility index (Phi) is 8.36. The van der Waals surface area contributed by atoms with Gasteiger partial charge in [0.25, 0.3) is 0 Å². The molecule has 0 aromatic heterocycles. The van der Waals surface area contributed by atoms with E-state index < -0.39 is 5.97 Å². The van der Waals surface area contributed by atoms with Gasteiger partial charge in [0.1, 0.15) is 5.75 Å². The Morgan fingerprint density at radius 2 is 2.05 bits per heavy atom. The second-order valence-electron chi connectivity index (χ2n) is 5.31. The Bertz CT molecular complexity index is 463. The molecule has 0 spiro atoms. The third-order valence-electron chi connectivity index (χ3n) is 3.43. The minimum absolute atomic E-state index is 0.128. The van der Waals surface area contributed by atoms with Crippen molar-refractivity contribution in [2.45, 2.75) is 39.7 Å². The van der Waals surface area contributed by atoms with Gasteiger partial charge in [-0.2, -0.15) is 0 Å². The van der Waals surface area contributed by atoms with Gasteiger partial charge in [0.05, 0.1) is 19.2 Å². The fourth-order valence-corrected chi connectivity index (χ4v) is 2.36. The van der Waals surface area contributed by atoms with E-state index in [-0.39, 0.29) is 6.42 Å². The number of methoxy groups -OCH3 is 1. The predicted octanol–water partition coefficient (Wildman–Crippen LogP) is 2.89. The molecule has 0 atom stereocenters. The lowest BCUT2D eigenvalue weighted by Crippen LogP contribution is -2.27. The number of ether oxygens (including phenoxy) is 1. The van der Waals surface area contributed by atoms with Gasteiger partial charge in [0, 0.05) is 19.6 Å². The summed E-state index contributed by atoms with van der Waals surface area (Å²) in [7, 11) is 1.66. The molecule has 1 rings (SSSR count). The molecule has 0 heterocycles. The number of hydrogen-bond donors (Lipinski definition) is 2. The average molecular weight is 308 g/mol. The molecule has 0 saturated heterocycles. The van der Waals surface area contributed by atoms with E-state index in [4.69, 9.17) is 9.84 Å². The molecule has 1 aromatic rings. The summed E-state index contributed by atoms with van der Waals surface area (Å²) in [6.07, 6.45) is 2.19. The van der Waals surface area contributed by atoms with Gasteiger partial charge in [-0.15, -0.1) is 0 Å². The first-order valence-corrected chi connectivity index (χ1v) is 7.96. The monoisotopic (exact) mass is 308 g/mol. The van der Waals surface area contributed by atoms with Crippen molar-refractivity contribution < 1.29 is 14.6 Å². The Morgan fingerprint density at radius 1 is 1.27 bits per heavy atom. The van der Waals surface area contributed by atoms with Crippen LogP contribution in [0.1, 0.15) is 38.7 Å². The zero-order chi connectivity index (χ0) is 16.4. The maximum Gasteiger partial charge on any atom is 0.305 e. The van der Waals surface area contributed by atoms with E-state index in [9.17, 15) is 4.79 Å². The smallest absolute Gasteiger partial charge is 0.305 e. The minimum atomic E-state index is -0.777. The molecule has 0 aliphatic rings. The number of nitrogens with one attached hydrogen (secondary N) is 1. The van der Waals surface area contributed by atoms with Gasteiger partial charge >= 0.3 is 5.97 Å². The Morgan fingerprint density at radius 3 is 2.64 bits per heavy atom. The number of nitrogens with zero attached hydrogens (tertiary/aromatic N) is 1. The van der Waals surface area contributed by atoms with Gasteiger partial charge in [-0.3, -0.25) is 4.79 Å². The molecule has 0 aliphatic heterocycles. The molecule has 2 N–H and O–H groups in total. The lowest BCUT2D eigenvalue weighted by molar-refractivity contribution is -0.136. The van der Waals surface area contributed by atoms with Crippen LogP contribution in [-0.4, -0.2) is 37.8 Å². The van der Waals surface area contributed by atoms with Gasteiger partial charge in [0.2, 0.25) is 0 Å². The van der Waals surface area contributed by atoms with E-state index in [0.29, 0.717) is 6.54 Å². The summed E-state index contributed by atoms with van der Waals surface area (Å²) in [5.41, 5.74) is 2.13. The third-order valence-corrected chi connectivity index (χ3v) is 3.43. The van der Waals surface area contributed by atoms with Crippen molar-refractivity contribution in [3.63, 3.8) is 0 Å². The fourth-order valence-electron chi connectivity index (χ4n) is 2.36. The van der Waals surface area contributed by atoms with Crippen LogP contribution in [0, 0.1) is 0 Å². The first-order valence-electron chi connectivity index (χ1n) is 7.96. The topological polar surface area (TPSA) is 61.8 Å². The van der Waals surface area contributed by atoms with Crippen LogP contribution < -0.4 is 15.0 Å². The van der Waals surface area contributed by atoms with Crippen LogP contribution in [0.15, 0.2) is 18.2 Å². The summed E-state index contributed by atoms with van der Waals surface area (Å²) in [5.74, 6) is 0.0232. The second kappa shape index (κ2) is 10.1. The second-order valence-corrected chi connectivity index (χ2v) is 5.31. The number of anilines is 1. The molecule has 22 heavy (non-hydrogen) atoms. The molecule has 0 radical (unpaired) electrons. The number of aliphatic carboxylic acids is 1. The van der Waals surface area contributed by atoms with Gasteiger partial charge in [-0.25, -0.2) is 0 Å². The molecule has 0 bridgehead atoms. The van der Waals surface area contributed by atoms with Crippen LogP contribution in [0.25, 0.3) is 0 Å². The highest BCUT2D eigenvalue weighted by molar-refractivity contribution is 5.68. The molecule has 0 amide bonds. The van der Waals surface area contributed by atoms with E-state index in [1.807, 2.05) is 12.1 Å². The highest BCUT2D eigenvalue weighted by Crippen LogP contribution is 2.29. The lowest BCUT2D eigenvalue weighted by atomic mass is 10.1. The standard InChI is InChI=1S/C17H28N2O3/c1-4-9-18-13-14-6-7-15(16(12-14)22-3)19(10-5-2)11-8-17(20)21/h6-7,12,18H,4-5,8-11,13H2,1-3H3,(H,20,21). The van der Waals surface area contributed by atoms with Crippen LogP contribution in [0.5, 0.6) is 5.75 Å². The molecular weight excluding hydrogens is 280 g/mol. The molecule has 0 unspecified atom stereocenters. The summed E-state index contributed by atoms with van der Waals surface area (Å²) in [5, 5.41) is 12.3. The summed E-state index contributed by atoms with van der Waals surface area (Å²) in [6, 6.07) is 6.13. The molecule has 0 aliphatic carbocycles. The maximum absolute atomic E-state index is 10.8. The zero-order valence-corrected chi connectivity index (χ0v) is 13.9. The predicted molar refractivity (Wildman–Crippen MR) is 89.7 cm³/mol. The molecule has 1 aromatic carbocycles. The molecule has 5 nitrogen and oxygen atoms in total. The summed E-state index contributed by atoms with van der Waals surface area (Å²) >= 11 is 0. The third kappa shape index (κ3) is 5.93. The quantitative estimate of drug-likeness (QED) is 0.616. The maximum atomic E-state index is 10.8. The number of carboxylic acid groups (broad SMARTS) is 1. The summed E-state index contributed by atoms with van der Waals surface area (Å²) < 4.78 is 5.51. The first-order chi connectivity index (χ1) is 10.6. The minimum Gasteiger partial charge on any atom is -0.495 e. The van der Waals surface area contributed by atoms with Gasteiger partial charge in [-0.1, -0.05) is 19.9 Å². The van der Waals surface area contributed by atoms with Crippen molar-refractivity contribution in [3.05, 3.63) is 23.8 Å². The highest BCUT2D eigenvalue weighted by Gasteiger charge is 2.13. The molecule has 0 saturated carbocycles. The van der Waals surface area contributed by atoms with Crippen molar-refractivity contribution in [2.75, 3.05) is 31.6 Å². The van der Waals surface area contributed by atoms with Crippen molar-refractivity contribution >= 4 is 11.7 Å². The van der Waals surface area contributed by atoms with Crippen molar-refractivity contribution in [1.82, 2.24) is 5.32 Å². The van der Waals surface area contributed by atoms with Gasteiger partial charge in [0.15, 0.2) is 0 Å². The van der Waals surface area contributed by atoms with E-state index in [1.54, 1.807) is 7.11 Å². The largest absolute Gasteiger partial charge is 0.495 e. The SMILES string of the molecule is CCCNCc1ccc(N(CCC)CCC(=O)O)c(OC)c1. The van der Waals surface area contributed by atoms with Crippen LogP contribution in [0.2, 0.25) is 0 Å². The summed E-state index contributed by atoms with van der Waals surface area (Å²) in [6.45, 7) is 7.34. The van der Waals surface area contributed by atoms with Crippen LogP contribution >= 0.6 is 0 Å². The van der Waals surface area contributed by atoms with Gasteiger partial charge in [-0.05, 0) is 37.1 Å². The van der Waals surface area contributed by atoms with Crippen molar-refractivity contribution in [3.8, 4) is 5.75 Å². The Balaban J connectivity index is 2.87. The molecule has 124 valence electrons. The highest BCUT2D eigenvalue weighted by atomic mass is 16.5. The first kappa shape index (κ1) is 18.3. The van der Waals surface area contributed by atoms with Crippen LogP contribution in [0.3, 0.4) is 0 Å². The van der Waals surface area contributed by atoms with E-state index in [1.165, 1.54) is 5.56 Å². The van der Waals surface area contributed by atoms with Crippen molar-refractivity contribution in [2.24, 2.45) is 0 Å². The lowest BCUT2D eigenvalue weighted by Gasteiger charge is -2.26. The molecular formula is C17H28N2O3. The number of rotatable bonds is 11. The zero-order valence-electron chi connectivity index (χ0n) is 13.9. The summed E-state index contributed by atoms with van der Waals surface area (Å²) in [4.78, 5) is 12.9. The Labute approximate surface area is 133 Å². The van der Waals surface area contributed by atoms with E-state index in [0.717, 1.165) is 43.9 Å². The molecule has 5 heteroatoms. The van der Waals surface area contributed by atoms with Crippen LogP contribution in [-0.2, 0) is 11.3 Å². The number of carboxylic acids is 1. The van der Waals surface area contributed by atoms with E-state index >= 15 is 0 Å². The molecule has 0 fully saturated rings. The number of hydrogen-bond acceptors (Lipinski definition) is 4. The number of carbonyl (C=O) groups is 1. The normalized spacial score (nSPS) is 10.5. The van der Waals surface area contributed by atoms with Crippen molar-refractivity contribution in [1.29, 1.82) is 0 Å². The Hall–Kier alpha value is -1.75. The fraction of sp³-hybridized carbons (Fsp3) is 0.588. The van der Waals surface area contributed by atoms with Gasteiger partial charge < -0.3 is 20.1 Å². The number of benzene rings is 1. The van der Waals surface area contributed by atoms with Crippen LogP contribution in [0.4, 0.5) is 5.69 Å². The average Bonchev–Trinajstić information content (AvgIpc) is 2.51. The van der Waals surface area contributed by atoms with E-state index in [2.05, 4.69) is 30.1 Å².